The first kappa shape index (κ1) is 26.7. The van der Waals surface area contributed by atoms with Crippen molar-refractivity contribution in [3.63, 3.8) is 0 Å². The number of carbonyl (C=O) groups excluding carboxylic acids is 2. The van der Waals surface area contributed by atoms with Gasteiger partial charge in [-0.3, -0.25) is 4.79 Å². The van der Waals surface area contributed by atoms with Crippen LogP contribution in [0.4, 0.5) is 0 Å². The van der Waals surface area contributed by atoms with E-state index in [1.165, 1.54) is 0 Å². The Bertz CT molecular complexity index is 1440. The third-order valence-corrected chi connectivity index (χ3v) is 6.62. The maximum Gasteiger partial charge on any atom is 0.362 e. The Kier molecular flexibility index (Phi) is 8.54. The second kappa shape index (κ2) is 11.8. The molecule has 2 aromatic heterocycles. The maximum absolute atomic E-state index is 13.4. The highest BCUT2D eigenvalue weighted by Crippen LogP contribution is 2.33. The van der Waals surface area contributed by atoms with Gasteiger partial charge in [-0.2, -0.15) is 5.90 Å². The number of ketones is 1. The molecule has 0 spiro atoms. The topological polar surface area (TPSA) is 128 Å². The molecule has 0 fully saturated rings. The summed E-state index contributed by atoms with van der Waals surface area (Å²) in [5.74, 6) is 3.72. The van der Waals surface area contributed by atoms with E-state index >= 15 is 0 Å². The van der Waals surface area contributed by atoms with Gasteiger partial charge in [0.05, 0.1) is 11.3 Å². The molecule has 0 aliphatic carbocycles. The van der Waals surface area contributed by atoms with E-state index in [0.29, 0.717) is 24.1 Å². The molecule has 1 unspecified atom stereocenters. The van der Waals surface area contributed by atoms with Crippen LogP contribution in [0.25, 0.3) is 16.6 Å². The quantitative estimate of drug-likeness (QED) is 0.0812. The zero-order valence-corrected chi connectivity index (χ0v) is 22.6. The number of aliphatic hydroxyl groups is 1. The van der Waals surface area contributed by atoms with Crippen molar-refractivity contribution in [3.05, 3.63) is 88.9 Å². The van der Waals surface area contributed by atoms with Crippen molar-refractivity contribution < 1.29 is 24.3 Å². The molecule has 0 bridgehead atoms. The highest BCUT2D eigenvalue weighted by atomic mass is 127. The summed E-state index contributed by atoms with van der Waals surface area (Å²) in [6.07, 6.45) is 1.42. The van der Waals surface area contributed by atoms with Crippen LogP contribution < -0.4 is 14.2 Å². The fourth-order valence-corrected chi connectivity index (χ4v) is 4.72. The number of nitrogens with zero attached hydrogens (tertiary/aromatic N) is 2. The van der Waals surface area contributed by atoms with Gasteiger partial charge in [0.2, 0.25) is 11.7 Å². The van der Waals surface area contributed by atoms with Gasteiger partial charge in [0.15, 0.2) is 12.8 Å². The lowest BCUT2D eigenvalue weighted by atomic mass is 9.97. The molecule has 4 rings (SSSR count). The summed E-state index contributed by atoms with van der Waals surface area (Å²) in [6.45, 7) is 3.26. The number of nitrogens with two attached hydrogens (primary N) is 1. The van der Waals surface area contributed by atoms with Crippen LogP contribution in [0.15, 0.2) is 60.8 Å². The van der Waals surface area contributed by atoms with Crippen LogP contribution in [0.2, 0.25) is 0 Å². The summed E-state index contributed by atoms with van der Waals surface area (Å²) in [7, 11) is 0. The largest absolute Gasteiger partial charge is 0.464 e. The molecule has 192 valence electrons. The number of aromatic nitrogens is 2. The Hall–Kier alpha value is -3.32. The van der Waals surface area contributed by atoms with E-state index in [-0.39, 0.29) is 11.4 Å². The maximum atomic E-state index is 13.4. The van der Waals surface area contributed by atoms with Gasteiger partial charge in [-0.25, -0.2) is 13.3 Å². The smallest absolute Gasteiger partial charge is 0.362 e. The molecule has 0 saturated carbocycles. The zero-order valence-electron chi connectivity index (χ0n) is 20.4. The average molecular weight is 614 g/mol. The van der Waals surface area contributed by atoms with Gasteiger partial charge in [0.25, 0.3) is 0 Å². The standard InChI is InChI=1S/C27H27IN4O5/c1-3-20-21(13-17-8-7-11-19(12-17)18-9-5-4-6-10-18)32-14-16(2)30-27(36-15-22(33)37-29)24(32)23(20)25(34)26(35)31-28/h4-12,14,26,31,35H,3,13,15,29H2,1-2H3. The SMILES string of the molecule is CCc1c(C(=O)C(O)NI)c2c(OCC(=O)ON)nc(C)cn2c1Cc1cccc(-c2ccccc2)c1. The summed E-state index contributed by atoms with van der Waals surface area (Å²) in [5, 5.41) is 10.4. The number of nitrogens with one attached hydrogen (secondary N) is 1. The van der Waals surface area contributed by atoms with Gasteiger partial charge in [0, 0.05) is 41.2 Å². The number of fused-ring (bicyclic) bond motifs is 1. The lowest BCUT2D eigenvalue weighted by Crippen LogP contribution is -2.30. The minimum atomic E-state index is -1.44. The van der Waals surface area contributed by atoms with Crippen molar-refractivity contribution in [2.24, 2.45) is 5.90 Å². The lowest BCUT2D eigenvalue weighted by Gasteiger charge is -2.11. The number of aliphatic hydroxyl groups excluding tert-OH is 1. The Labute approximate surface area is 228 Å². The highest BCUT2D eigenvalue weighted by Gasteiger charge is 2.30. The van der Waals surface area contributed by atoms with Crippen molar-refractivity contribution >= 4 is 40.1 Å². The van der Waals surface area contributed by atoms with Crippen LogP contribution in [-0.4, -0.2) is 39.1 Å². The first-order valence-corrected chi connectivity index (χ1v) is 12.7. The number of benzene rings is 2. The molecule has 0 aliphatic heterocycles. The summed E-state index contributed by atoms with van der Waals surface area (Å²) in [6, 6.07) is 18.3. The number of hydrogen-bond donors (Lipinski definition) is 3. The number of halogens is 1. The van der Waals surface area contributed by atoms with Crippen LogP contribution in [0, 0.1) is 6.92 Å². The van der Waals surface area contributed by atoms with E-state index in [9.17, 15) is 14.7 Å². The molecule has 9 nitrogen and oxygen atoms in total. The Morgan fingerprint density at radius 2 is 1.89 bits per heavy atom. The average Bonchev–Trinajstić information content (AvgIpc) is 3.23. The van der Waals surface area contributed by atoms with Crippen molar-refractivity contribution in [2.75, 3.05) is 6.61 Å². The zero-order chi connectivity index (χ0) is 26.5. The Morgan fingerprint density at radius 1 is 1.16 bits per heavy atom. The molecule has 1 atom stereocenters. The van der Waals surface area contributed by atoms with Crippen LogP contribution in [0.5, 0.6) is 5.88 Å². The number of ether oxygens (including phenoxy) is 1. The molecule has 10 heteroatoms. The fourth-order valence-electron chi connectivity index (χ4n) is 4.44. The van der Waals surface area contributed by atoms with Crippen LogP contribution in [0.3, 0.4) is 0 Å². The van der Waals surface area contributed by atoms with E-state index in [1.54, 1.807) is 29.8 Å². The van der Waals surface area contributed by atoms with Crippen molar-refractivity contribution in [1.29, 1.82) is 0 Å². The molecule has 2 heterocycles. The van der Waals surface area contributed by atoms with E-state index < -0.39 is 24.6 Å². The monoisotopic (exact) mass is 614 g/mol. The molecule has 0 amide bonds. The van der Waals surface area contributed by atoms with Crippen molar-refractivity contribution in [2.45, 2.75) is 32.9 Å². The molecule has 4 N–H and O–H groups in total. The molecule has 2 aromatic carbocycles. The minimum Gasteiger partial charge on any atom is -0.464 e. The number of aryl methyl sites for hydroxylation is 1. The van der Waals surface area contributed by atoms with Crippen molar-refractivity contribution in [3.8, 4) is 17.0 Å². The number of carbonyl (C=O) groups is 2. The lowest BCUT2D eigenvalue weighted by molar-refractivity contribution is -0.146. The molecule has 0 saturated heterocycles. The van der Waals surface area contributed by atoms with E-state index in [4.69, 9.17) is 10.6 Å². The predicted octanol–water partition coefficient (Wildman–Crippen LogP) is 3.70. The van der Waals surface area contributed by atoms with E-state index in [0.717, 1.165) is 27.9 Å². The number of rotatable bonds is 10. The highest BCUT2D eigenvalue weighted by molar-refractivity contribution is 14.1. The third-order valence-electron chi connectivity index (χ3n) is 6.03. The molecule has 37 heavy (non-hydrogen) atoms. The van der Waals surface area contributed by atoms with Gasteiger partial charge in [-0.1, -0.05) is 61.5 Å². The second-order valence-electron chi connectivity index (χ2n) is 8.46. The first-order valence-electron chi connectivity index (χ1n) is 11.7. The van der Waals surface area contributed by atoms with E-state index in [2.05, 4.69) is 37.6 Å². The summed E-state index contributed by atoms with van der Waals surface area (Å²) in [4.78, 5) is 33.7. The molecule has 4 aromatic rings. The predicted molar refractivity (Wildman–Crippen MR) is 147 cm³/mol. The summed E-state index contributed by atoms with van der Waals surface area (Å²) in [5.41, 5.74) is 6.14. The molecular weight excluding hydrogens is 587 g/mol. The van der Waals surface area contributed by atoms with E-state index in [1.807, 2.05) is 47.9 Å². The van der Waals surface area contributed by atoms with Gasteiger partial charge in [-0.15, -0.1) is 0 Å². The molecule has 0 aliphatic rings. The normalized spacial score (nSPS) is 11.9. The first-order chi connectivity index (χ1) is 17.9. The Morgan fingerprint density at radius 3 is 2.57 bits per heavy atom. The van der Waals surface area contributed by atoms with Gasteiger partial charge >= 0.3 is 5.97 Å². The number of hydrogen-bond acceptors (Lipinski definition) is 8. The van der Waals surface area contributed by atoms with Gasteiger partial charge in [0.1, 0.15) is 5.52 Å². The van der Waals surface area contributed by atoms with Crippen LogP contribution in [-0.2, 0) is 22.5 Å². The summed E-state index contributed by atoms with van der Waals surface area (Å²) >= 11 is 1.73. The fraction of sp³-hybridized carbons (Fsp3) is 0.222. The number of Topliss-reactive ketones (excluding diaryl/α,β-unsaturated/α-hetero) is 1. The molecule has 0 radical (unpaired) electrons. The van der Waals surface area contributed by atoms with Crippen molar-refractivity contribution in [1.82, 2.24) is 12.9 Å². The van der Waals surface area contributed by atoms with Crippen LogP contribution >= 0.6 is 22.9 Å². The van der Waals surface area contributed by atoms with Gasteiger partial charge in [-0.05, 0) is 35.6 Å². The summed E-state index contributed by atoms with van der Waals surface area (Å²) < 4.78 is 10.1. The third kappa shape index (κ3) is 5.67. The van der Waals surface area contributed by atoms with Crippen LogP contribution in [0.1, 0.15) is 39.8 Å². The van der Waals surface area contributed by atoms with Gasteiger partial charge < -0.3 is 19.1 Å². The Balaban J connectivity index is 1.90. The minimum absolute atomic E-state index is 0.0772. The second-order valence-corrected chi connectivity index (χ2v) is 9.08. The molecular formula is C27H27IN4O5.